The number of nitrogens with one attached hydrogen (secondary N) is 2. The molecule has 1 aromatic carbocycles. The van der Waals surface area contributed by atoms with Crippen LogP contribution in [0.15, 0.2) is 18.2 Å². The van der Waals surface area contributed by atoms with Crippen molar-refractivity contribution in [2.45, 2.75) is 19.9 Å². The Hall–Kier alpha value is -2.12. The van der Waals surface area contributed by atoms with Crippen LogP contribution in [0, 0.1) is 12.8 Å². The highest BCUT2D eigenvalue weighted by Crippen LogP contribution is 2.26. The molecule has 2 amide bonds. The molecule has 0 radical (unpaired) electrons. The minimum atomic E-state index is -0.526. The molecule has 3 rings (SSSR count). The zero-order valence-electron chi connectivity index (χ0n) is 12.1. The average molecular weight is 354 g/mol. The van der Waals surface area contributed by atoms with Crippen LogP contribution in [-0.4, -0.2) is 26.6 Å². The highest BCUT2D eigenvalue weighted by molar-refractivity contribution is 6.35. The lowest BCUT2D eigenvalue weighted by Crippen LogP contribution is -2.36. The number of benzene rings is 1. The lowest BCUT2D eigenvalue weighted by molar-refractivity contribution is -0.125. The molecule has 0 fully saturated rings. The summed E-state index contributed by atoms with van der Waals surface area (Å²) in [6, 6.07) is 4.78. The van der Waals surface area contributed by atoms with Crippen LogP contribution in [0.25, 0.3) is 0 Å². The Morgan fingerprint density at radius 2 is 2.26 bits per heavy atom. The van der Waals surface area contributed by atoms with Crippen molar-refractivity contribution < 1.29 is 9.59 Å². The zero-order chi connectivity index (χ0) is 16.6. The molecule has 0 unspecified atom stereocenters. The Morgan fingerprint density at radius 3 is 3.04 bits per heavy atom. The summed E-state index contributed by atoms with van der Waals surface area (Å²) < 4.78 is 1.58. The first kappa shape index (κ1) is 15.8. The number of hydrogen-bond donors (Lipinski definition) is 2. The van der Waals surface area contributed by atoms with Crippen molar-refractivity contribution >= 4 is 46.7 Å². The normalized spacial score (nSPS) is 16.7. The van der Waals surface area contributed by atoms with Crippen molar-refractivity contribution in [3.05, 3.63) is 34.1 Å². The smallest absolute Gasteiger partial charge is 0.232 e. The van der Waals surface area contributed by atoms with Crippen LogP contribution >= 0.6 is 23.2 Å². The first-order chi connectivity index (χ1) is 10.9. The average Bonchev–Trinajstić information content (AvgIpc) is 2.82. The lowest BCUT2D eigenvalue weighted by atomic mass is 10.0. The number of aryl methyl sites for hydroxylation is 1. The number of carbonyl (C=O) groups excluding carboxylic acids is 2. The van der Waals surface area contributed by atoms with Gasteiger partial charge in [0.2, 0.25) is 17.8 Å². The molecule has 1 atom stereocenters. The standard InChI is InChI=1S/C14H13Cl2N5O2/c1-7-17-14-19-13(23)8(6-21(14)20-7)4-12(22)18-11-5-9(15)2-3-10(11)16/h2-3,5,8H,4,6H2,1H3,(H,18,22)(H,17,19,20,23)/t8-/m1/s1. The molecule has 1 aliphatic heterocycles. The fraction of sp³-hybridized carbons (Fsp3) is 0.286. The molecular weight excluding hydrogens is 341 g/mol. The second-order valence-corrected chi connectivity index (χ2v) is 6.07. The Morgan fingerprint density at radius 1 is 1.48 bits per heavy atom. The molecule has 1 aliphatic rings. The molecule has 2 N–H and O–H groups in total. The largest absolute Gasteiger partial charge is 0.325 e. The van der Waals surface area contributed by atoms with E-state index in [-0.39, 0.29) is 18.2 Å². The van der Waals surface area contributed by atoms with E-state index in [0.29, 0.717) is 34.1 Å². The Balaban J connectivity index is 1.68. The second-order valence-electron chi connectivity index (χ2n) is 5.23. The van der Waals surface area contributed by atoms with Gasteiger partial charge in [0.05, 0.1) is 23.2 Å². The highest BCUT2D eigenvalue weighted by Gasteiger charge is 2.30. The van der Waals surface area contributed by atoms with Gasteiger partial charge in [-0.3, -0.25) is 14.9 Å². The first-order valence-electron chi connectivity index (χ1n) is 6.89. The van der Waals surface area contributed by atoms with Crippen LogP contribution in [0.2, 0.25) is 10.0 Å². The molecule has 0 saturated heterocycles. The SMILES string of the molecule is Cc1nc2n(n1)C[C@@H](CC(=O)Nc1cc(Cl)ccc1Cl)C(=O)N2. The van der Waals surface area contributed by atoms with Gasteiger partial charge in [-0.1, -0.05) is 23.2 Å². The van der Waals surface area contributed by atoms with Gasteiger partial charge in [0.25, 0.3) is 0 Å². The minimum Gasteiger partial charge on any atom is -0.325 e. The number of rotatable bonds is 3. The Kier molecular flexibility index (Phi) is 4.23. The van der Waals surface area contributed by atoms with Crippen LogP contribution in [0.3, 0.4) is 0 Å². The van der Waals surface area contributed by atoms with Crippen molar-refractivity contribution in [3.63, 3.8) is 0 Å². The fourth-order valence-electron chi connectivity index (χ4n) is 2.35. The van der Waals surface area contributed by atoms with E-state index in [4.69, 9.17) is 23.2 Å². The van der Waals surface area contributed by atoms with Crippen LogP contribution in [0.5, 0.6) is 0 Å². The Labute approximate surface area is 142 Å². The fourth-order valence-corrected chi connectivity index (χ4v) is 2.69. The summed E-state index contributed by atoms with van der Waals surface area (Å²) >= 11 is 11.9. The summed E-state index contributed by atoms with van der Waals surface area (Å²) in [6.45, 7) is 2.04. The number of fused-ring (bicyclic) bond motifs is 1. The van der Waals surface area contributed by atoms with Crippen molar-refractivity contribution in [3.8, 4) is 0 Å². The highest BCUT2D eigenvalue weighted by atomic mass is 35.5. The van der Waals surface area contributed by atoms with E-state index >= 15 is 0 Å². The van der Waals surface area contributed by atoms with Gasteiger partial charge >= 0.3 is 0 Å². The molecule has 0 bridgehead atoms. The predicted molar refractivity (Wildman–Crippen MR) is 86.6 cm³/mol. The summed E-state index contributed by atoms with van der Waals surface area (Å²) in [5, 5.41) is 10.3. The molecule has 2 aromatic rings. The molecule has 23 heavy (non-hydrogen) atoms. The quantitative estimate of drug-likeness (QED) is 0.886. The van der Waals surface area contributed by atoms with Gasteiger partial charge in [-0.15, -0.1) is 0 Å². The van der Waals surface area contributed by atoms with E-state index in [1.165, 1.54) is 0 Å². The second kappa shape index (κ2) is 6.17. The molecule has 9 heteroatoms. The maximum absolute atomic E-state index is 12.2. The summed E-state index contributed by atoms with van der Waals surface area (Å²) in [6.07, 6.45) is 0.00697. The summed E-state index contributed by atoms with van der Waals surface area (Å²) in [4.78, 5) is 28.3. The molecule has 1 aromatic heterocycles. The third kappa shape index (κ3) is 3.46. The van der Waals surface area contributed by atoms with Crippen LogP contribution in [0.4, 0.5) is 11.6 Å². The molecule has 0 spiro atoms. The van der Waals surface area contributed by atoms with Gasteiger partial charge in [0.15, 0.2) is 0 Å². The van der Waals surface area contributed by atoms with E-state index in [1.807, 2.05) is 0 Å². The molecule has 7 nitrogen and oxygen atoms in total. The number of carbonyl (C=O) groups is 2. The molecule has 0 aliphatic carbocycles. The van der Waals surface area contributed by atoms with Gasteiger partial charge in [0.1, 0.15) is 5.82 Å². The van der Waals surface area contributed by atoms with Crippen molar-refractivity contribution in [1.82, 2.24) is 14.8 Å². The van der Waals surface area contributed by atoms with Crippen LogP contribution in [0.1, 0.15) is 12.2 Å². The van der Waals surface area contributed by atoms with Gasteiger partial charge in [0, 0.05) is 11.4 Å². The number of anilines is 2. The van der Waals surface area contributed by atoms with Crippen molar-refractivity contribution in [1.29, 1.82) is 0 Å². The van der Waals surface area contributed by atoms with Crippen molar-refractivity contribution in [2.75, 3.05) is 10.6 Å². The number of nitrogens with zero attached hydrogens (tertiary/aromatic N) is 3. The van der Waals surface area contributed by atoms with Gasteiger partial charge in [-0.05, 0) is 25.1 Å². The molecular formula is C14H13Cl2N5O2. The third-order valence-electron chi connectivity index (χ3n) is 3.41. The summed E-state index contributed by atoms with van der Waals surface area (Å²) in [7, 11) is 0. The summed E-state index contributed by atoms with van der Waals surface area (Å²) in [5.74, 6) is -0.133. The first-order valence-corrected chi connectivity index (χ1v) is 7.65. The third-order valence-corrected chi connectivity index (χ3v) is 3.98. The molecule has 2 heterocycles. The maximum atomic E-state index is 12.2. The van der Waals surface area contributed by atoms with Gasteiger partial charge in [-0.25, -0.2) is 4.68 Å². The topological polar surface area (TPSA) is 88.9 Å². The van der Waals surface area contributed by atoms with Crippen LogP contribution in [-0.2, 0) is 16.1 Å². The number of aromatic nitrogens is 3. The van der Waals surface area contributed by atoms with E-state index in [0.717, 1.165) is 0 Å². The number of halogens is 2. The number of amides is 2. The molecule has 0 saturated carbocycles. The number of hydrogen-bond acceptors (Lipinski definition) is 4. The summed E-state index contributed by atoms with van der Waals surface area (Å²) in [5.41, 5.74) is 0.415. The van der Waals surface area contributed by atoms with E-state index in [1.54, 1.807) is 29.8 Å². The van der Waals surface area contributed by atoms with E-state index in [9.17, 15) is 9.59 Å². The van der Waals surface area contributed by atoms with Gasteiger partial charge in [-0.2, -0.15) is 10.1 Å². The monoisotopic (exact) mass is 353 g/mol. The van der Waals surface area contributed by atoms with E-state index in [2.05, 4.69) is 20.7 Å². The van der Waals surface area contributed by atoms with Crippen molar-refractivity contribution in [2.24, 2.45) is 5.92 Å². The maximum Gasteiger partial charge on any atom is 0.232 e. The lowest BCUT2D eigenvalue weighted by Gasteiger charge is -2.21. The molecule has 120 valence electrons. The predicted octanol–water partition coefficient (Wildman–Crippen LogP) is 2.49. The minimum absolute atomic E-state index is 0.00697. The Bertz CT molecular complexity index is 789. The van der Waals surface area contributed by atoms with E-state index < -0.39 is 5.92 Å². The zero-order valence-corrected chi connectivity index (χ0v) is 13.6. The van der Waals surface area contributed by atoms with Gasteiger partial charge < -0.3 is 5.32 Å². The van der Waals surface area contributed by atoms with Crippen LogP contribution < -0.4 is 10.6 Å².